The fourth-order valence-corrected chi connectivity index (χ4v) is 3.56. The van der Waals surface area contributed by atoms with Crippen LogP contribution in [-0.2, 0) is 19.1 Å². The van der Waals surface area contributed by atoms with Gasteiger partial charge >= 0.3 is 6.18 Å². The molecule has 3 aromatic rings. The maximum Gasteiger partial charge on any atom is 0.416 e. The molecule has 0 aliphatic heterocycles. The summed E-state index contributed by atoms with van der Waals surface area (Å²) in [4.78, 5) is 15.0. The molecule has 0 heterocycles. The number of methoxy groups -OCH3 is 2. The van der Waals surface area contributed by atoms with Gasteiger partial charge in [0.2, 0.25) is 0 Å². The van der Waals surface area contributed by atoms with Gasteiger partial charge in [0.05, 0.1) is 19.8 Å². The molecule has 0 aliphatic rings. The van der Waals surface area contributed by atoms with E-state index >= 15 is 0 Å². The minimum absolute atomic E-state index is 0.173. The van der Waals surface area contributed by atoms with Crippen LogP contribution in [0.4, 0.5) is 13.2 Å². The molecule has 174 valence electrons. The Morgan fingerprint density at radius 3 is 2.12 bits per heavy atom. The monoisotopic (exact) mass is 457 g/mol. The number of nitrogens with zero attached hydrogens (tertiary/aromatic N) is 1. The number of hydrogen-bond donors (Lipinski definition) is 0. The predicted octanol–water partition coefficient (Wildman–Crippen LogP) is 5.92. The number of ether oxygens (including phenoxy) is 2. The third-order valence-corrected chi connectivity index (χ3v) is 5.44. The fourth-order valence-electron chi connectivity index (χ4n) is 3.56. The lowest BCUT2D eigenvalue weighted by Crippen LogP contribution is -2.33. The molecule has 4 nitrogen and oxygen atoms in total. The predicted molar refractivity (Wildman–Crippen MR) is 121 cm³/mol. The minimum Gasteiger partial charge on any atom is -0.493 e. The van der Waals surface area contributed by atoms with Gasteiger partial charge in [-0.15, -0.1) is 0 Å². The van der Waals surface area contributed by atoms with Gasteiger partial charge in [0, 0.05) is 18.7 Å². The van der Waals surface area contributed by atoms with Gasteiger partial charge in [0.15, 0.2) is 11.5 Å². The molecule has 3 aromatic carbocycles. The topological polar surface area (TPSA) is 38.8 Å². The molecule has 0 radical (unpaired) electrons. The van der Waals surface area contributed by atoms with Gasteiger partial charge in [-0.1, -0.05) is 36.4 Å². The third kappa shape index (κ3) is 6.06. The Kier molecular flexibility index (Phi) is 7.63. The molecule has 7 heteroatoms. The summed E-state index contributed by atoms with van der Waals surface area (Å²) >= 11 is 0. The molecule has 0 aliphatic carbocycles. The van der Waals surface area contributed by atoms with Gasteiger partial charge in [0.25, 0.3) is 5.91 Å². The number of alkyl halides is 3. The Bertz CT molecular complexity index is 1090. The number of benzene rings is 3. The van der Waals surface area contributed by atoms with Crippen molar-refractivity contribution >= 4 is 5.91 Å². The molecule has 33 heavy (non-hydrogen) atoms. The SMILES string of the molecule is COc1ccc(CCN(Cc2ccc(C(F)(F)F)cc2)C(=O)c2ccccc2C)cc1OC. The highest BCUT2D eigenvalue weighted by molar-refractivity contribution is 5.95. The first-order chi connectivity index (χ1) is 15.7. The Balaban J connectivity index is 1.84. The average molecular weight is 457 g/mol. The lowest BCUT2D eigenvalue weighted by molar-refractivity contribution is -0.137. The van der Waals surface area contributed by atoms with Crippen LogP contribution in [0.15, 0.2) is 66.7 Å². The van der Waals surface area contributed by atoms with Crippen molar-refractivity contribution < 1.29 is 27.4 Å². The van der Waals surface area contributed by atoms with Crippen molar-refractivity contribution in [2.45, 2.75) is 26.1 Å². The largest absolute Gasteiger partial charge is 0.493 e. The first kappa shape index (κ1) is 24.2. The van der Waals surface area contributed by atoms with E-state index in [0.29, 0.717) is 35.6 Å². The van der Waals surface area contributed by atoms with Crippen LogP contribution in [0.5, 0.6) is 11.5 Å². The van der Waals surface area contributed by atoms with Gasteiger partial charge in [0.1, 0.15) is 0 Å². The minimum atomic E-state index is -4.40. The summed E-state index contributed by atoms with van der Waals surface area (Å²) in [6.07, 6.45) is -3.86. The second-order valence-corrected chi connectivity index (χ2v) is 7.68. The molecule has 0 bridgehead atoms. The quantitative estimate of drug-likeness (QED) is 0.422. The van der Waals surface area contributed by atoms with Crippen molar-refractivity contribution in [3.8, 4) is 11.5 Å². The summed E-state index contributed by atoms with van der Waals surface area (Å²) in [5.41, 5.74) is 2.26. The number of carbonyl (C=O) groups is 1. The van der Waals surface area contributed by atoms with Crippen LogP contribution in [0.1, 0.15) is 32.6 Å². The third-order valence-electron chi connectivity index (χ3n) is 5.44. The van der Waals surface area contributed by atoms with Crippen LogP contribution in [-0.4, -0.2) is 31.6 Å². The Morgan fingerprint density at radius 1 is 0.879 bits per heavy atom. The van der Waals surface area contributed by atoms with E-state index in [0.717, 1.165) is 23.3 Å². The van der Waals surface area contributed by atoms with Crippen LogP contribution < -0.4 is 9.47 Å². The van der Waals surface area contributed by atoms with E-state index in [1.807, 2.05) is 31.2 Å². The summed E-state index contributed by atoms with van der Waals surface area (Å²) in [7, 11) is 3.12. The number of hydrogen-bond acceptors (Lipinski definition) is 3. The van der Waals surface area contributed by atoms with Gasteiger partial charge in [-0.2, -0.15) is 13.2 Å². The van der Waals surface area contributed by atoms with Crippen LogP contribution >= 0.6 is 0 Å². The zero-order valence-corrected chi connectivity index (χ0v) is 18.8. The zero-order valence-electron chi connectivity index (χ0n) is 18.8. The van der Waals surface area contributed by atoms with Crippen molar-refractivity contribution in [3.63, 3.8) is 0 Å². The smallest absolute Gasteiger partial charge is 0.416 e. The van der Waals surface area contributed by atoms with E-state index < -0.39 is 11.7 Å². The highest BCUT2D eigenvalue weighted by atomic mass is 19.4. The summed E-state index contributed by atoms with van der Waals surface area (Å²) in [5, 5.41) is 0. The van der Waals surface area contributed by atoms with Crippen molar-refractivity contribution in [3.05, 3.63) is 94.5 Å². The van der Waals surface area contributed by atoms with E-state index in [2.05, 4.69) is 0 Å². The normalized spacial score (nSPS) is 11.2. The first-order valence-electron chi connectivity index (χ1n) is 10.4. The molecule has 0 fully saturated rings. The molecule has 0 saturated carbocycles. The summed E-state index contributed by atoms with van der Waals surface area (Å²) in [6.45, 7) is 2.43. The summed E-state index contributed by atoms with van der Waals surface area (Å²) in [6, 6.07) is 17.7. The maximum atomic E-state index is 13.3. The van der Waals surface area contributed by atoms with E-state index in [1.165, 1.54) is 12.1 Å². The summed E-state index contributed by atoms with van der Waals surface area (Å²) in [5.74, 6) is 1.03. The summed E-state index contributed by atoms with van der Waals surface area (Å²) < 4.78 is 49.4. The van der Waals surface area contributed by atoms with Crippen LogP contribution in [0.3, 0.4) is 0 Å². The van der Waals surface area contributed by atoms with Gasteiger partial charge in [-0.3, -0.25) is 4.79 Å². The Hall–Kier alpha value is -3.48. The molecule has 0 N–H and O–H groups in total. The average Bonchev–Trinajstić information content (AvgIpc) is 2.81. The van der Waals surface area contributed by atoms with Crippen molar-refractivity contribution in [2.24, 2.45) is 0 Å². The fraction of sp³-hybridized carbons (Fsp3) is 0.269. The van der Waals surface area contributed by atoms with E-state index in [9.17, 15) is 18.0 Å². The van der Waals surface area contributed by atoms with E-state index in [1.54, 1.807) is 37.3 Å². The number of carbonyl (C=O) groups excluding carboxylic acids is 1. The lowest BCUT2D eigenvalue weighted by Gasteiger charge is -2.24. The Morgan fingerprint density at radius 2 is 1.52 bits per heavy atom. The van der Waals surface area contributed by atoms with E-state index in [-0.39, 0.29) is 12.5 Å². The maximum absolute atomic E-state index is 13.3. The van der Waals surface area contributed by atoms with Crippen LogP contribution in [0.2, 0.25) is 0 Å². The zero-order chi connectivity index (χ0) is 24.0. The van der Waals surface area contributed by atoms with Crippen molar-refractivity contribution in [1.29, 1.82) is 0 Å². The Labute approximate surface area is 191 Å². The number of halogens is 3. The molecule has 3 rings (SSSR count). The molecular weight excluding hydrogens is 431 g/mol. The van der Waals surface area contributed by atoms with Gasteiger partial charge in [-0.25, -0.2) is 0 Å². The lowest BCUT2D eigenvalue weighted by atomic mass is 10.1. The number of aryl methyl sites for hydroxylation is 1. The molecule has 0 atom stereocenters. The number of amides is 1. The van der Waals surface area contributed by atoms with Gasteiger partial charge in [-0.05, 0) is 60.4 Å². The highest BCUT2D eigenvalue weighted by Crippen LogP contribution is 2.30. The number of rotatable bonds is 8. The molecule has 0 spiro atoms. The van der Waals surface area contributed by atoms with Crippen molar-refractivity contribution in [1.82, 2.24) is 4.90 Å². The second kappa shape index (κ2) is 10.4. The molecule has 0 aromatic heterocycles. The molecule has 0 saturated heterocycles. The van der Waals surface area contributed by atoms with Crippen LogP contribution in [0, 0.1) is 6.92 Å². The first-order valence-corrected chi connectivity index (χ1v) is 10.4. The highest BCUT2D eigenvalue weighted by Gasteiger charge is 2.30. The molecule has 1 amide bonds. The molecular formula is C26H26F3NO3. The van der Waals surface area contributed by atoms with E-state index in [4.69, 9.17) is 9.47 Å². The standard InChI is InChI=1S/C26H26F3NO3/c1-18-6-4-5-7-22(18)25(31)30(17-20-8-11-21(12-9-20)26(27,28)29)15-14-19-10-13-23(32-2)24(16-19)33-3/h4-13,16H,14-15,17H2,1-3H3. The molecule has 0 unspecified atom stereocenters. The van der Waals surface area contributed by atoms with Crippen LogP contribution in [0.25, 0.3) is 0 Å². The van der Waals surface area contributed by atoms with Gasteiger partial charge < -0.3 is 14.4 Å². The van der Waals surface area contributed by atoms with Crippen molar-refractivity contribution in [2.75, 3.05) is 20.8 Å². The second-order valence-electron chi connectivity index (χ2n) is 7.68.